The fraction of sp³-hybridized carbons (Fsp3) is 0.150. The summed E-state index contributed by atoms with van der Waals surface area (Å²) in [5.41, 5.74) is 3.13. The number of aryl methyl sites for hydroxylation is 1. The molecule has 0 N–H and O–H groups in total. The summed E-state index contributed by atoms with van der Waals surface area (Å²) >= 11 is 0. The lowest BCUT2D eigenvalue weighted by Crippen LogP contribution is -2.33. The summed E-state index contributed by atoms with van der Waals surface area (Å²) in [5.74, 6) is 0.472. The molecule has 0 saturated heterocycles. The summed E-state index contributed by atoms with van der Waals surface area (Å²) < 4.78 is 21.0. The van der Waals surface area contributed by atoms with E-state index in [-0.39, 0.29) is 5.82 Å². The predicted molar refractivity (Wildman–Crippen MR) is 87.7 cm³/mol. The van der Waals surface area contributed by atoms with E-state index in [1.54, 1.807) is 6.07 Å². The average molecular weight is 308 g/mol. The summed E-state index contributed by atoms with van der Waals surface area (Å²) in [7, 11) is 0. The van der Waals surface area contributed by atoms with Crippen molar-refractivity contribution in [3.63, 3.8) is 0 Å². The molecule has 0 saturated carbocycles. The van der Waals surface area contributed by atoms with Gasteiger partial charge in [0.05, 0.1) is 5.56 Å². The molecule has 0 unspecified atom stereocenters. The topological polar surface area (TPSA) is 13.1 Å². The van der Waals surface area contributed by atoms with Gasteiger partial charge in [-0.2, -0.15) is 0 Å². The SMILES string of the molecule is Cc1cc(F)ccc1OCc1ccc[n+](Cc2ccccc2)c1. The highest BCUT2D eigenvalue weighted by Gasteiger charge is 2.06. The van der Waals surface area contributed by atoms with E-state index in [2.05, 4.69) is 22.9 Å². The first-order valence-electron chi connectivity index (χ1n) is 7.61. The van der Waals surface area contributed by atoms with Crippen LogP contribution >= 0.6 is 0 Å². The summed E-state index contributed by atoms with van der Waals surface area (Å²) in [4.78, 5) is 0. The van der Waals surface area contributed by atoms with E-state index in [0.29, 0.717) is 12.4 Å². The zero-order chi connectivity index (χ0) is 16.1. The molecular formula is C20H19FNO+. The monoisotopic (exact) mass is 308 g/mol. The minimum atomic E-state index is -0.240. The number of rotatable bonds is 5. The number of hydrogen-bond acceptors (Lipinski definition) is 1. The molecule has 0 aliphatic heterocycles. The van der Waals surface area contributed by atoms with Gasteiger partial charge < -0.3 is 4.74 Å². The molecular weight excluding hydrogens is 289 g/mol. The van der Waals surface area contributed by atoms with Crippen LogP contribution < -0.4 is 9.30 Å². The summed E-state index contributed by atoms with van der Waals surface area (Å²) in [6.07, 6.45) is 4.12. The van der Waals surface area contributed by atoms with Gasteiger partial charge in [-0.1, -0.05) is 30.3 Å². The molecule has 116 valence electrons. The second kappa shape index (κ2) is 7.05. The van der Waals surface area contributed by atoms with Crippen LogP contribution in [-0.4, -0.2) is 0 Å². The smallest absolute Gasteiger partial charge is 0.175 e. The summed E-state index contributed by atoms with van der Waals surface area (Å²) in [5, 5.41) is 0. The first-order chi connectivity index (χ1) is 11.2. The first-order valence-corrected chi connectivity index (χ1v) is 7.61. The number of nitrogens with zero attached hydrogens (tertiary/aromatic N) is 1. The highest BCUT2D eigenvalue weighted by molar-refractivity contribution is 5.32. The van der Waals surface area contributed by atoms with Crippen LogP contribution in [0.3, 0.4) is 0 Å². The van der Waals surface area contributed by atoms with Gasteiger partial charge in [-0.15, -0.1) is 0 Å². The Kier molecular flexibility index (Phi) is 4.67. The summed E-state index contributed by atoms with van der Waals surface area (Å²) in [6, 6.07) is 18.9. The van der Waals surface area contributed by atoms with E-state index >= 15 is 0 Å². The number of ether oxygens (including phenoxy) is 1. The van der Waals surface area contributed by atoms with Gasteiger partial charge in [0.2, 0.25) is 0 Å². The minimum absolute atomic E-state index is 0.240. The largest absolute Gasteiger partial charge is 0.488 e. The quantitative estimate of drug-likeness (QED) is 0.648. The Hall–Kier alpha value is -2.68. The Balaban J connectivity index is 1.68. The van der Waals surface area contributed by atoms with Crippen LogP contribution in [0.25, 0.3) is 0 Å². The first kappa shape index (κ1) is 15.2. The molecule has 2 nitrogen and oxygen atoms in total. The Bertz CT molecular complexity index is 787. The van der Waals surface area contributed by atoms with Gasteiger partial charge in [0.25, 0.3) is 0 Å². The number of benzene rings is 2. The van der Waals surface area contributed by atoms with E-state index < -0.39 is 0 Å². The third-order valence-corrected chi connectivity index (χ3v) is 3.66. The molecule has 1 aromatic heterocycles. The maximum absolute atomic E-state index is 13.1. The van der Waals surface area contributed by atoms with Crippen LogP contribution in [0.4, 0.5) is 4.39 Å². The molecule has 0 spiro atoms. The fourth-order valence-electron chi connectivity index (χ4n) is 2.49. The third-order valence-electron chi connectivity index (χ3n) is 3.66. The van der Waals surface area contributed by atoms with E-state index in [4.69, 9.17) is 4.74 Å². The third kappa shape index (κ3) is 4.16. The summed E-state index contributed by atoms with van der Waals surface area (Å²) in [6.45, 7) is 3.13. The highest BCUT2D eigenvalue weighted by Crippen LogP contribution is 2.19. The van der Waals surface area contributed by atoms with Crippen LogP contribution in [0, 0.1) is 12.7 Å². The van der Waals surface area contributed by atoms with Gasteiger partial charge in [-0.05, 0) is 36.8 Å². The Morgan fingerprint density at radius 3 is 2.52 bits per heavy atom. The Morgan fingerprint density at radius 2 is 1.74 bits per heavy atom. The second-order valence-electron chi connectivity index (χ2n) is 5.57. The lowest BCUT2D eigenvalue weighted by atomic mass is 10.2. The van der Waals surface area contributed by atoms with Crippen molar-refractivity contribution in [2.45, 2.75) is 20.1 Å². The van der Waals surface area contributed by atoms with Crippen molar-refractivity contribution < 1.29 is 13.7 Å². The lowest BCUT2D eigenvalue weighted by molar-refractivity contribution is -0.688. The van der Waals surface area contributed by atoms with E-state index in [9.17, 15) is 4.39 Å². The average Bonchev–Trinajstić information content (AvgIpc) is 2.55. The standard InChI is InChI=1S/C20H19FNO/c1-16-12-19(21)9-10-20(16)23-15-18-8-5-11-22(14-18)13-17-6-3-2-4-7-17/h2-12,14H,13,15H2,1H3/q+1. The van der Waals surface area contributed by atoms with Crippen LogP contribution in [0.5, 0.6) is 5.75 Å². The molecule has 0 bridgehead atoms. The van der Waals surface area contributed by atoms with E-state index in [1.165, 1.54) is 17.7 Å². The van der Waals surface area contributed by atoms with E-state index in [1.807, 2.05) is 43.5 Å². The maximum atomic E-state index is 13.1. The fourth-order valence-corrected chi connectivity index (χ4v) is 2.49. The van der Waals surface area contributed by atoms with Crippen molar-refractivity contribution in [2.75, 3.05) is 0 Å². The van der Waals surface area contributed by atoms with Gasteiger partial charge >= 0.3 is 0 Å². The van der Waals surface area contributed by atoms with Crippen molar-refractivity contribution in [3.8, 4) is 5.75 Å². The Labute approximate surface area is 135 Å². The van der Waals surface area contributed by atoms with Crippen LogP contribution in [0.1, 0.15) is 16.7 Å². The zero-order valence-electron chi connectivity index (χ0n) is 13.1. The molecule has 3 aromatic rings. The number of aromatic nitrogens is 1. The van der Waals surface area contributed by atoms with Crippen molar-refractivity contribution in [3.05, 3.63) is 95.6 Å². The molecule has 0 radical (unpaired) electrons. The molecule has 0 aliphatic rings. The van der Waals surface area contributed by atoms with Crippen LogP contribution in [-0.2, 0) is 13.2 Å². The van der Waals surface area contributed by atoms with Crippen LogP contribution in [0.2, 0.25) is 0 Å². The van der Waals surface area contributed by atoms with Gasteiger partial charge in [-0.25, -0.2) is 8.96 Å². The second-order valence-corrected chi connectivity index (χ2v) is 5.57. The molecule has 0 aliphatic carbocycles. The van der Waals surface area contributed by atoms with Gasteiger partial charge in [0.1, 0.15) is 18.2 Å². The normalized spacial score (nSPS) is 10.5. The number of halogens is 1. The van der Waals surface area contributed by atoms with Crippen molar-refractivity contribution in [2.24, 2.45) is 0 Å². The molecule has 1 heterocycles. The number of hydrogen-bond donors (Lipinski definition) is 0. The van der Waals surface area contributed by atoms with Crippen molar-refractivity contribution in [1.29, 1.82) is 0 Å². The number of pyridine rings is 1. The van der Waals surface area contributed by atoms with Gasteiger partial charge in [-0.3, -0.25) is 0 Å². The Morgan fingerprint density at radius 1 is 0.957 bits per heavy atom. The zero-order valence-corrected chi connectivity index (χ0v) is 13.1. The predicted octanol–water partition coefficient (Wildman–Crippen LogP) is 4.05. The van der Waals surface area contributed by atoms with E-state index in [0.717, 1.165) is 17.7 Å². The molecule has 3 rings (SSSR count). The molecule has 3 heteroatoms. The molecule has 23 heavy (non-hydrogen) atoms. The minimum Gasteiger partial charge on any atom is -0.488 e. The highest BCUT2D eigenvalue weighted by atomic mass is 19.1. The van der Waals surface area contributed by atoms with Gasteiger partial charge in [0.15, 0.2) is 18.9 Å². The molecule has 0 amide bonds. The van der Waals surface area contributed by atoms with Crippen molar-refractivity contribution in [1.82, 2.24) is 0 Å². The maximum Gasteiger partial charge on any atom is 0.175 e. The van der Waals surface area contributed by atoms with Crippen LogP contribution in [0.15, 0.2) is 73.1 Å². The van der Waals surface area contributed by atoms with Gasteiger partial charge in [0, 0.05) is 11.6 Å². The lowest BCUT2D eigenvalue weighted by Gasteiger charge is -2.08. The van der Waals surface area contributed by atoms with Crippen molar-refractivity contribution >= 4 is 0 Å². The molecule has 0 fully saturated rings. The molecule has 2 aromatic carbocycles. The molecule has 0 atom stereocenters.